The molecule has 0 aliphatic carbocycles. The summed E-state index contributed by atoms with van der Waals surface area (Å²) >= 11 is 3.46. The first-order valence-corrected chi connectivity index (χ1v) is 11.4. The van der Waals surface area contributed by atoms with Crippen molar-refractivity contribution in [2.45, 2.75) is 39.5 Å². The molecule has 0 spiro atoms. The highest BCUT2D eigenvalue weighted by Gasteiger charge is 2.20. The molecule has 3 rings (SSSR count). The molecule has 0 fully saturated rings. The lowest BCUT2D eigenvalue weighted by atomic mass is 10.1. The maximum atomic E-state index is 12.5. The van der Waals surface area contributed by atoms with Crippen LogP contribution in [0.3, 0.4) is 0 Å². The lowest BCUT2D eigenvalue weighted by Gasteiger charge is -2.20. The Morgan fingerprint density at radius 1 is 1.22 bits per heavy atom. The van der Waals surface area contributed by atoms with Crippen LogP contribution in [0, 0.1) is 13.8 Å². The number of hydrogen-bond acceptors (Lipinski definition) is 4. The molecule has 5 heteroatoms. The summed E-state index contributed by atoms with van der Waals surface area (Å²) in [6.07, 6.45) is 3.03. The van der Waals surface area contributed by atoms with Crippen LogP contribution in [0.1, 0.15) is 39.8 Å². The number of thiophene rings is 1. The minimum absolute atomic E-state index is 0.0699. The molecule has 0 radical (unpaired) electrons. The van der Waals surface area contributed by atoms with Crippen LogP contribution in [-0.2, 0) is 17.1 Å². The third-order valence-electron chi connectivity index (χ3n) is 5.03. The summed E-state index contributed by atoms with van der Waals surface area (Å²) in [6, 6.07) is 10.6. The van der Waals surface area contributed by atoms with Crippen molar-refractivity contribution in [3.05, 3.63) is 61.7 Å². The summed E-state index contributed by atoms with van der Waals surface area (Å²) in [5.74, 6) is 0.978. The van der Waals surface area contributed by atoms with Gasteiger partial charge in [-0.05, 0) is 49.6 Å². The number of fused-ring (bicyclic) bond motifs is 1. The predicted octanol–water partition coefficient (Wildman–Crippen LogP) is 4.98. The Labute approximate surface area is 170 Å². The first kappa shape index (κ1) is 20.2. The molecule has 27 heavy (non-hydrogen) atoms. The van der Waals surface area contributed by atoms with Crippen molar-refractivity contribution in [2.75, 3.05) is 19.6 Å². The predicted molar refractivity (Wildman–Crippen MR) is 118 cm³/mol. The molecule has 1 aromatic heterocycles. The van der Waals surface area contributed by atoms with Crippen LogP contribution in [0.2, 0.25) is 0 Å². The number of carbonyl (C=O) groups excluding carboxylic acids is 1. The van der Waals surface area contributed by atoms with Crippen molar-refractivity contribution in [3.63, 3.8) is 0 Å². The summed E-state index contributed by atoms with van der Waals surface area (Å²) in [7, 11) is 0. The van der Waals surface area contributed by atoms with Crippen LogP contribution in [0.4, 0.5) is 0 Å². The minimum atomic E-state index is 0.0699. The molecule has 3 nitrogen and oxygen atoms in total. The first-order valence-electron chi connectivity index (χ1n) is 9.56. The fraction of sp³-hybridized carbons (Fsp3) is 0.409. The minimum Gasteiger partial charge on any atom is -0.352 e. The second-order valence-corrected chi connectivity index (χ2v) is 9.16. The van der Waals surface area contributed by atoms with E-state index in [9.17, 15) is 4.79 Å². The fourth-order valence-electron chi connectivity index (χ4n) is 3.22. The van der Waals surface area contributed by atoms with E-state index in [2.05, 4.69) is 67.4 Å². The van der Waals surface area contributed by atoms with Crippen LogP contribution >= 0.6 is 23.1 Å². The first-order chi connectivity index (χ1) is 13.1. The lowest BCUT2D eigenvalue weighted by molar-refractivity contribution is -0.116. The Morgan fingerprint density at radius 2 is 2.00 bits per heavy atom. The number of rotatable bonds is 8. The average Bonchev–Trinajstić information content (AvgIpc) is 2.98. The molecule has 0 atom stereocenters. The van der Waals surface area contributed by atoms with E-state index in [0.29, 0.717) is 0 Å². The molecule has 0 saturated carbocycles. The van der Waals surface area contributed by atoms with Crippen molar-refractivity contribution in [2.24, 2.45) is 0 Å². The topological polar surface area (TPSA) is 32.3 Å². The number of thioether (sulfide) groups is 1. The van der Waals surface area contributed by atoms with Crippen molar-refractivity contribution < 1.29 is 4.79 Å². The van der Waals surface area contributed by atoms with Gasteiger partial charge in [0.25, 0.3) is 5.91 Å². The monoisotopic (exact) mass is 400 g/mol. The smallest absolute Gasteiger partial charge is 0.257 e. The molecule has 1 amide bonds. The van der Waals surface area contributed by atoms with E-state index in [4.69, 9.17) is 0 Å². The summed E-state index contributed by atoms with van der Waals surface area (Å²) in [6.45, 7) is 10.2. The highest BCUT2D eigenvalue weighted by Crippen LogP contribution is 2.39. The Morgan fingerprint density at radius 3 is 2.74 bits per heavy atom. The second kappa shape index (κ2) is 9.58. The highest BCUT2D eigenvalue weighted by molar-refractivity contribution is 8.03. The van der Waals surface area contributed by atoms with E-state index in [1.54, 1.807) is 23.1 Å². The van der Waals surface area contributed by atoms with Gasteiger partial charge in [0.05, 0.1) is 4.91 Å². The number of carbonyl (C=O) groups is 1. The number of benzene rings is 1. The van der Waals surface area contributed by atoms with Crippen molar-refractivity contribution in [3.8, 4) is 0 Å². The van der Waals surface area contributed by atoms with E-state index in [1.165, 1.54) is 26.4 Å². The Balaban J connectivity index is 1.45. The van der Waals surface area contributed by atoms with Gasteiger partial charge in [0.2, 0.25) is 0 Å². The molecule has 1 aliphatic heterocycles. The van der Waals surface area contributed by atoms with Gasteiger partial charge >= 0.3 is 0 Å². The maximum absolute atomic E-state index is 12.5. The SMILES string of the molecule is CCN(CCCNC(=O)C1=Cc2sc(C)c(C)c2CS1)Cc1ccccc1. The highest BCUT2D eigenvalue weighted by atomic mass is 32.2. The third kappa shape index (κ3) is 5.24. The lowest BCUT2D eigenvalue weighted by Crippen LogP contribution is -2.30. The molecule has 2 aromatic rings. The molecular weight excluding hydrogens is 372 g/mol. The molecule has 1 aromatic carbocycles. The van der Waals surface area contributed by atoms with Gasteiger partial charge in [-0.1, -0.05) is 37.3 Å². The molecule has 1 aliphatic rings. The normalized spacial score (nSPS) is 13.4. The van der Waals surface area contributed by atoms with Crippen LogP contribution in [0.15, 0.2) is 35.2 Å². The van der Waals surface area contributed by atoms with Gasteiger partial charge in [0.1, 0.15) is 0 Å². The number of nitrogens with one attached hydrogen (secondary N) is 1. The van der Waals surface area contributed by atoms with Gasteiger partial charge in [0.15, 0.2) is 0 Å². The number of hydrogen-bond donors (Lipinski definition) is 1. The quantitative estimate of drug-likeness (QED) is 0.634. The fourth-order valence-corrected chi connectivity index (χ4v) is 5.59. The molecular formula is C22H28N2OS2. The number of nitrogens with zero attached hydrogens (tertiary/aromatic N) is 1. The van der Waals surface area contributed by atoms with E-state index in [-0.39, 0.29) is 5.91 Å². The van der Waals surface area contributed by atoms with Crippen molar-refractivity contribution in [1.82, 2.24) is 10.2 Å². The summed E-state index contributed by atoms with van der Waals surface area (Å²) in [5.41, 5.74) is 4.12. The van der Waals surface area contributed by atoms with Crippen LogP contribution in [-0.4, -0.2) is 30.4 Å². The summed E-state index contributed by atoms with van der Waals surface area (Å²) in [4.78, 5) is 18.4. The average molecular weight is 401 g/mol. The Kier molecular flexibility index (Phi) is 7.16. The third-order valence-corrected chi connectivity index (χ3v) is 7.28. The van der Waals surface area contributed by atoms with Gasteiger partial charge in [-0.15, -0.1) is 23.1 Å². The Hall–Kier alpha value is -1.56. The van der Waals surface area contributed by atoms with Crippen molar-refractivity contribution in [1.29, 1.82) is 0 Å². The van der Waals surface area contributed by atoms with E-state index < -0.39 is 0 Å². The zero-order valence-corrected chi connectivity index (χ0v) is 18.0. The van der Waals surface area contributed by atoms with Crippen molar-refractivity contribution >= 4 is 35.1 Å². The van der Waals surface area contributed by atoms with Gasteiger partial charge in [-0.3, -0.25) is 9.69 Å². The van der Waals surface area contributed by atoms with Gasteiger partial charge in [-0.25, -0.2) is 0 Å². The zero-order valence-electron chi connectivity index (χ0n) is 16.4. The van der Waals surface area contributed by atoms with Crippen LogP contribution in [0.5, 0.6) is 0 Å². The van der Waals surface area contributed by atoms with Crippen LogP contribution < -0.4 is 5.32 Å². The number of amides is 1. The zero-order chi connectivity index (χ0) is 19.2. The molecule has 0 saturated heterocycles. The summed E-state index contributed by atoms with van der Waals surface area (Å²) in [5, 5.41) is 3.10. The van der Waals surface area contributed by atoms with Gasteiger partial charge < -0.3 is 5.32 Å². The largest absolute Gasteiger partial charge is 0.352 e. The maximum Gasteiger partial charge on any atom is 0.257 e. The van der Waals surface area contributed by atoms with Crippen LogP contribution in [0.25, 0.3) is 6.08 Å². The van der Waals surface area contributed by atoms with Gasteiger partial charge in [-0.2, -0.15) is 0 Å². The molecule has 0 bridgehead atoms. The number of aryl methyl sites for hydroxylation is 1. The Bertz CT molecular complexity index is 811. The van der Waals surface area contributed by atoms with Gasteiger partial charge in [0, 0.05) is 35.1 Å². The molecule has 0 unspecified atom stereocenters. The molecule has 144 valence electrons. The second-order valence-electron chi connectivity index (χ2n) is 6.89. The summed E-state index contributed by atoms with van der Waals surface area (Å²) < 4.78 is 0. The van der Waals surface area contributed by atoms with E-state index in [0.717, 1.165) is 43.3 Å². The molecule has 2 heterocycles. The molecule has 1 N–H and O–H groups in total. The standard InChI is InChI=1S/C22H28N2OS2/c1-4-24(14-18-9-6-5-7-10-18)12-8-11-23-22(25)21-13-20-19(15-26-21)16(2)17(3)27-20/h5-7,9-10,13H,4,8,11-12,14-15H2,1-3H3,(H,23,25). The van der Waals surface area contributed by atoms with E-state index in [1.807, 2.05) is 0 Å². The van der Waals surface area contributed by atoms with E-state index >= 15 is 0 Å².